The zero-order valence-electron chi connectivity index (χ0n) is 14.9. The van der Waals surface area contributed by atoms with E-state index in [9.17, 15) is 0 Å². The number of hydrogen-bond acceptors (Lipinski definition) is 4. The largest absolute Gasteiger partial charge is 0.493 e. The molecule has 132 valence electrons. The van der Waals surface area contributed by atoms with Gasteiger partial charge < -0.3 is 14.0 Å². The lowest BCUT2D eigenvalue weighted by Gasteiger charge is -2.12. The fourth-order valence-corrected chi connectivity index (χ4v) is 3.57. The van der Waals surface area contributed by atoms with E-state index in [0.717, 1.165) is 34.5 Å². The van der Waals surface area contributed by atoms with Crippen molar-refractivity contribution in [2.24, 2.45) is 5.92 Å². The fourth-order valence-electron chi connectivity index (χ4n) is 2.73. The predicted octanol–water partition coefficient (Wildman–Crippen LogP) is 4.87. The Morgan fingerprint density at radius 3 is 2.52 bits per heavy atom. The maximum Gasteiger partial charge on any atom is 0.169 e. The smallest absolute Gasteiger partial charge is 0.169 e. The Morgan fingerprint density at radius 2 is 1.76 bits per heavy atom. The zero-order chi connectivity index (χ0) is 17.6. The van der Waals surface area contributed by atoms with Gasteiger partial charge >= 0.3 is 0 Å². The highest BCUT2D eigenvalue weighted by Crippen LogP contribution is 2.28. The summed E-state index contributed by atoms with van der Waals surface area (Å²) in [5.74, 6) is 2.95. The highest BCUT2D eigenvalue weighted by Gasteiger charge is 2.12. The van der Waals surface area contributed by atoms with Gasteiger partial charge in [0.1, 0.15) is 0 Å². The van der Waals surface area contributed by atoms with E-state index < -0.39 is 0 Å². The molecule has 3 rings (SSSR count). The van der Waals surface area contributed by atoms with Crippen LogP contribution in [0, 0.1) is 5.92 Å². The Bertz CT molecular complexity index is 829. The van der Waals surface area contributed by atoms with Crippen molar-refractivity contribution >= 4 is 22.8 Å². The molecule has 0 spiro atoms. The molecule has 0 aliphatic carbocycles. The highest BCUT2D eigenvalue weighted by atomic mass is 32.2. The predicted molar refractivity (Wildman–Crippen MR) is 104 cm³/mol. The molecule has 0 aliphatic heterocycles. The number of para-hydroxylation sites is 4. The molecule has 4 nitrogen and oxygen atoms in total. The first-order valence-electron chi connectivity index (χ1n) is 8.53. The van der Waals surface area contributed by atoms with Gasteiger partial charge in [-0.3, -0.25) is 0 Å². The van der Waals surface area contributed by atoms with E-state index in [1.165, 1.54) is 5.52 Å². The van der Waals surface area contributed by atoms with Crippen LogP contribution in [0.2, 0.25) is 0 Å². The lowest BCUT2D eigenvalue weighted by Crippen LogP contribution is -2.07. The molecule has 0 radical (unpaired) electrons. The number of fused-ring (bicyclic) bond motifs is 1. The summed E-state index contributed by atoms with van der Waals surface area (Å²) in [7, 11) is 1.66. The zero-order valence-corrected chi connectivity index (χ0v) is 15.8. The highest BCUT2D eigenvalue weighted by molar-refractivity contribution is 7.99. The maximum absolute atomic E-state index is 5.86. The molecule has 0 atom stereocenters. The standard InChI is InChI=1S/C20H24N2O2S/c1-15(2)14-22-17-9-5-4-8-16(17)21-20(22)25-13-12-24-19-11-7-6-10-18(19)23-3/h4-11,15H,12-14H2,1-3H3. The van der Waals surface area contributed by atoms with E-state index in [4.69, 9.17) is 14.5 Å². The van der Waals surface area contributed by atoms with E-state index in [1.54, 1.807) is 18.9 Å². The Labute approximate surface area is 153 Å². The van der Waals surface area contributed by atoms with Crippen LogP contribution in [0.5, 0.6) is 11.5 Å². The lowest BCUT2D eigenvalue weighted by molar-refractivity contribution is 0.313. The Kier molecular flexibility index (Phi) is 5.87. The first-order valence-corrected chi connectivity index (χ1v) is 9.51. The first kappa shape index (κ1) is 17.7. The number of ether oxygens (including phenoxy) is 2. The molecule has 25 heavy (non-hydrogen) atoms. The number of thioether (sulfide) groups is 1. The molecule has 0 fully saturated rings. The third-order valence-corrected chi connectivity index (χ3v) is 4.75. The molecule has 0 bridgehead atoms. The van der Waals surface area contributed by atoms with Gasteiger partial charge in [0.15, 0.2) is 16.7 Å². The molecule has 0 aliphatic rings. The second-order valence-electron chi connectivity index (χ2n) is 6.24. The molecule has 0 N–H and O–H groups in total. The van der Waals surface area contributed by atoms with E-state index in [1.807, 2.05) is 30.3 Å². The van der Waals surface area contributed by atoms with Crippen molar-refractivity contribution in [3.8, 4) is 11.5 Å². The summed E-state index contributed by atoms with van der Waals surface area (Å²) in [6.45, 7) is 6.04. The number of methoxy groups -OCH3 is 1. The van der Waals surface area contributed by atoms with E-state index in [2.05, 4.69) is 36.6 Å². The van der Waals surface area contributed by atoms with Crippen LogP contribution in [-0.4, -0.2) is 29.0 Å². The molecule has 0 saturated heterocycles. The fraction of sp³-hybridized carbons (Fsp3) is 0.350. The SMILES string of the molecule is COc1ccccc1OCCSc1nc2ccccc2n1CC(C)C. The van der Waals surface area contributed by atoms with Crippen LogP contribution in [0.15, 0.2) is 53.7 Å². The molecular formula is C20H24N2O2S. The van der Waals surface area contributed by atoms with E-state index in [0.29, 0.717) is 12.5 Å². The van der Waals surface area contributed by atoms with Gasteiger partial charge in [0.25, 0.3) is 0 Å². The van der Waals surface area contributed by atoms with Crippen molar-refractivity contribution < 1.29 is 9.47 Å². The number of imidazole rings is 1. The summed E-state index contributed by atoms with van der Waals surface area (Å²) < 4.78 is 13.5. The van der Waals surface area contributed by atoms with Gasteiger partial charge in [-0.2, -0.15) is 0 Å². The van der Waals surface area contributed by atoms with Crippen molar-refractivity contribution in [1.29, 1.82) is 0 Å². The normalized spacial score (nSPS) is 11.2. The number of benzene rings is 2. The maximum atomic E-state index is 5.86. The molecule has 2 aromatic carbocycles. The molecule has 1 heterocycles. The van der Waals surface area contributed by atoms with Crippen LogP contribution in [0.25, 0.3) is 11.0 Å². The summed E-state index contributed by atoms with van der Waals surface area (Å²) in [6.07, 6.45) is 0. The average Bonchev–Trinajstić information content (AvgIpc) is 2.96. The quantitative estimate of drug-likeness (QED) is 0.426. The summed E-state index contributed by atoms with van der Waals surface area (Å²) in [6, 6.07) is 16.0. The van der Waals surface area contributed by atoms with Gasteiger partial charge in [-0.25, -0.2) is 4.98 Å². The van der Waals surface area contributed by atoms with Crippen molar-refractivity contribution in [2.75, 3.05) is 19.5 Å². The number of aromatic nitrogens is 2. The van der Waals surface area contributed by atoms with Crippen LogP contribution in [-0.2, 0) is 6.54 Å². The van der Waals surface area contributed by atoms with E-state index in [-0.39, 0.29) is 0 Å². The molecule has 0 amide bonds. The third-order valence-electron chi connectivity index (χ3n) is 3.81. The van der Waals surface area contributed by atoms with Crippen molar-refractivity contribution in [2.45, 2.75) is 25.5 Å². The van der Waals surface area contributed by atoms with Crippen LogP contribution < -0.4 is 9.47 Å². The number of nitrogens with zero attached hydrogens (tertiary/aromatic N) is 2. The molecule has 5 heteroatoms. The van der Waals surface area contributed by atoms with Crippen LogP contribution in [0.4, 0.5) is 0 Å². The number of rotatable bonds is 8. The van der Waals surface area contributed by atoms with Crippen LogP contribution in [0.1, 0.15) is 13.8 Å². The second kappa shape index (κ2) is 8.30. The van der Waals surface area contributed by atoms with Gasteiger partial charge in [-0.15, -0.1) is 0 Å². The van der Waals surface area contributed by atoms with Crippen molar-refractivity contribution in [3.05, 3.63) is 48.5 Å². The van der Waals surface area contributed by atoms with Crippen LogP contribution >= 0.6 is 11.8 Å². The summed E-state index contributed by atoms with van der Waals surface area (Å²) >= 11 is 1.73. The van der Waals surface area contributed by atoms with Gasteiger partial charge in [0.05, 0.1) is 24.8 Å². The minimum atomic E-state index is 0.571. The minimum absolute atomic E-state index is 0.571. The first-order chi connectivity index (χ1) is 12.2. The number of hydrogen-bond donors (Lipinski definition) is 0. The van der Waals surface area contributed by atoms with Gasteiger partial charge in [0, 0.05) is 12.3 Å². The Hall–Kier alpha value is -2.14. The topological polar surface area (TPSA) is 36.3 Å². The third kappa shape index (κ3) is 4.28. The summed E-state index contributed by atoms with van der Waals surface area (Å²) in [5, 5.41) is 1.05. The van der Waals surface area contributed by atoms with Crippen molar-refractivity contribution in [1.82, 2.24) is 9.55 Å². The lowest BCUT2D eigenvalue weighted by atomic mass is 10.2. The Morgan fingerprint density at radius 1 is 1.04 bits per heavy atom. The molecule has 1 aromatic heterocycles. The van der Waals surface area contributed by atoms with Gasteiger partial charge in [0.2, 0.25) is 0 Å². The van der Waals surface area contributed by atoms with Crippen LogP contribution in [0.3, 0.4) is 0 Å². The Balaban J connectivity index is 1.66. The van der Waals surface area contributed by atoms with E-state index >= 15 is 0 Å². The minimum Gasteiger partial charge on any atom is -0.493 e. The summed E-state index contributed by atoms with van der Waals surface area (Å²) in [4.78, 5) is 4.79. The summed E-state index contributed by atoms with van der Waals surface area (Å²) in [5.41, 5.74) is 2.25. The molecular weight excluding hydrogens is 332 g/mol. The van der Waals surface area contributed by atoms with Gasteiger partial charge in [-0.1, -0.05) is 49.9 Å². The average molecular weight is 356 g/mol. The molecule has 0 saturated carbocycles. The second-order valence-corrected chi connectivity index (χ2v) is 7.30. The monoisotopic (exact) mass is 356 g/mol. The molecule has 0 unspecified atom stereocenters. The molecule has 3 aromatic rings. The van der Waals surface area contributed by atoms with Crippen molar-refractivity contribution in [3.63, 3.8) is 0 Å². The van der Waals surface area contributed by atoms with Gasteiger partial charge in [-0.05, 0) is 30.2 Å².